The minimum Gasteiger partial charge on any atom is -0.353 e. The first-order chi connectivity index (χ1) is 9.92. The van der Waals surface area contributed by atoms with Crippen molar-refractivity contribution in [3.05, 3.63) is 54.7 Å². The molecular formula is C17H10N2S. The molecule has 0 saturated carbocycles. The summed E-state index contributed by atoms with van der Waals surface area (Å²) in [5, 5.41) is 5.11. The lowest BCUT2D eigenvalue weighted by Gasteiger charge is -1.93. The molecule has 0 spiro atoms. The highest BCUT2D eigenvalue weighted by atomic mass is 32.1. The fraction of sp³-hybridized carbons (Fsp3) is 0. The van der Waals surface area contributed by atoms with Crippen molar-refractivity contribution in [2.24, 2.45) is 0 Å². The topological polar surface area (TPSA) is 28.7 Å². The quantitative estimate of drug-likeness (QED) is 0.419. The summed E-state index contributed by atoms with van der Waals surface area (Å²) < 4.78 is 1.30. The molecule has 3 heteroatoms. The lowest BCUT2D eigenvalue weighted by molar-refractivity contribution is 1.45. The highest BCUT2D eigenvalue weighted by Crippen LogP contribution is 2.39. The van der Waals surface area contributed by atoms with Gasteiger partial charge in [-0.3, -0.25) is 0 Å². The van der Waals surface area contributed by atoms with Gasteiger partial charge in [-0.15, -0.1) is 11.3 Å². The zero-order valence-corrected chi connectivity index (χ0v) is 11.4. The van der Waals surface area contributed by atoms with Gasteiger partial charge >= 0.3 is 0 Å². The summed E-state index contributed by atoms with van der Waals surface area (Å²) in [5.41, 5.74) is 2.42. The number of nitrogens with one attached hydrogen (secondary N) is 1. The molecule has 2 aromatic carbocycles. The SMILES string of the molecule is c1ccc2c(c1)[nH]c1c2ccc2c3cccnc3sc21. The van der Waals surface area contributed by atoms with Crippen molar-refractivity contribution in [3.8, 4) is 0 Å². The van der Waals surface area contributed by atoms with Crippen LogP contribution in [0.5, 0.6) is 0 Å². The fourth-order valence-corrected chi connectivity index (χ4v) is 4.13. The first-order valence-electron chi connectivity index (χ1n) is 6.58. The number of thiophene rings is 1. The second-order valence-corrected chi connectivity index (χ2v) is 5.99. The summed E-state index contributed by atoms with van der Waals surface area (Å²) in [6.07, 6.45) is 1.86. The van der Waals surface area contributed by atoms with E-state index in [1.54, 1.807) is 11.3 Å². The predicted octanol–water partition coefficient (Wildman–Crippen LogP) is 5.08. The van der Waals surface area contributed by atoms with E-state index in [0.717, 1.165) is 4.83 Å². The molecule has 0 atom stereocenters. The Balaban J connectivity index is 2.10. The Morgan fingerprint density at radius 2 is 1.65 bits per heavy atom. The first-order valence-corrected chi connectivity index (χ1v) is 7.40. The minimum absolute atomic E-state index is 1.11. The standard InChI is InChI=1S/C17H10N2S/c1-2-6-14-10(4-1)11-7-8-12-13-5-3-9-18-17(13)20-16(12)15(11)19-14/h1-9,19H. The third-order valence-electron chi connectivity index (χ3n) is 3.89. The Morgan fingerprint density at radius 3 is 2.65 bits per heavy atom. The zero-order valence-electron chi connectivity index (χ0n) is 10.6. The Morgan fingerprint density at radius 1 is 0.800 bits per heavy atom. The molecule has 3 aromatic heterocycles. The van der Waals surface area contributed by atoms with Crippen molar-refractivity contribution in [1.82, 2.24) is 9.97 Å². The molecule has 0 bridgehead atoms. The van der Waals surface area contributed by atoms with Gasteiger partial charge in [0.25, 0.3) is 0 Å². The van der Waals surface area contributed by atoms with Gasteiger partial charge in [-0.25, -0.2) is 4.98 Å². The van der Waals surface area contributed by atoms with Gasteiger partial charge in [-0.05, 0) is 18.2 Å². The number of aromatic amines is 1. The van der Waals surface area contributed by atoms with Crippen LogP contribution in [0.3, 0.4) is 0 Å². The molecule has 2 nitrogen and oxygen atoms in total. The monoisotopic (exact) mass is 274 g/mol. The predicted molar refractivity (Wildman–Crippen MR) is 86.5 cm³/mol. The molecule has 0 aliphatic rings. The number of hydrogen-bond donors (Lipinski definition) is 1. The number of nitrogens with zero attached hydrogens (tertiary/aromatic N) is 1. The van der Waals surface area contributed by atoms with E-state index < -0.39 is 0 Å². The first kappa shape index (κ1) is 10.4. The molecular weight excluding hydrogens is 264 g/mol. The lowest BCUT2D eigenvalue weighted by atomic mass is 10.1. The van der Waals surface area contributed by atoms with E-state index in [4.69, 9.17) is 0 Å². The summed E-state index contributed by atoms with van der Waals surface area (Å²) in [7, 11) is 0. The number of aromatic nitrogens is 2. The molecule has 1 N–H and O–H groups in total. The average molecular weight is 274 g/mol. The number of rotatable bonds is 0. The Bertz CT molecular complexity index is 1010. The normalized spacial score (nSPS) is 12.0. The molecule has 94 valence electrons. The maximum Gasteiger partial charge on any atom is 0.124 e. The molecule has 0 saturated heterocycles. The highest BCUT2D eigenvalue weighted by molar-refractivity contribution is 7.26. The maximum atomic E-state index is 4.48. The van der Waals surface area contributed by atoms with Gasteiger partial charge in [-0.2, -0.15) is 0 Å². The Kier molecular flexibility index (Phi) is 1.86. The van der Waals surface area contributed by atoms with Crippen LogP contribution in [0.15, 0.2) is 54.7 Å². The Labute approximate surface area is 118 Å². The van der Waals surface area contributed by atoms with Crippen molar-refractivity contribution in [3.63, 3.8) is 0 Å². The van der Waals surface area contributed by atoms with Crippen LogP contribution in [0.25, 0.3) is 42.1 Å². The van der Waals surface area contributed by atoms with Crippen molar-refractivity contribution in [1.29, 1.82) is 0 Å². The van der Waals surface area contributed by atoms with Crippen LogP contribution < -0.4 is 0 Å². The zero-order chi connectivity index (χ0) is 13.1. The highest BCUT2D eigenvalue weighted by Gasteiger charge is 2.11. The largest absolute Gasteiger partial charge is 0.353 e. The van der Waals surface area contributed by atoms with Crippen molar-refractivity contribution >= 4 is 53.4 Å². The number of fused-ring (bicyclic) bond motifs is 7. The molecule has 0 amide bonds. The van der Waals surface area contributed by atoms with Gasteiger partial charge in [0.1, 0.15) is 4.83 Å². The number of para-hydroxylation sites is 1. The molecule has 0 aliphatic carbocycles. The molecule has 20 heavy (non-hydrogen) atoms. The average Bonchev–Trinajstić information content (AvgIpc) is 3.05. The minimum atomic E-state index is 1.11. The number of H-pyrrole nitrogens is 1. The smallest absolute Gasteiger partial charge is 0.124 e. The van der Waals surface area contributed by atoms with Crippen LogP contribution >= 0.6 is 11.3 Å². The lowest BCUT2D eigenvalue weighted by Crippen LogP contribution is -1.70. The third-order valence-corrected chi connectivity index (χ3v) is 5.04. The van der Waals surface area contributed by atoms with E-state index in [-0.39, 0.29) is 0 Å². The van der Waals surface area contributed by atoms with Crippen LogP contribution in [0.4, 0.5) is 0 Å². The number of benzene rings is 2. The summed E-state index contributed by atoms with van der Waals surface area (Å²) in [6, 6.07) is 17.1. The van der Waals surface area contributed by atoms with Gasteiger partial charge in [0.05, 0.1) is 10.2 Å². The van der Waals surface area contributed by atoms with Crippen molar-refractivity contribution in [2.75, 3.05) is 0 Å². The molecule has 0 unspecified atom stereocenters. The summed E-state index contributed by atoms with van der Waals surface area (Å²) in [4.78, 5) is 9.15. The summed E-state index contributed by atoms with van der Waals surface area (Å²) >= 11 is 1.76. The molecule has 0 radical (unpaired) electrons. The molecule has 3 heterocycles. The molecule has 5 aromatic rings. The van der Waals surface area contributed by atoms with Crippen LogP contribution in [-0.4, -0.2) is 9.97 Å². The van der Waals surface area contributed by atoms with Gasteiger partial charge in [0.2, 0.25) is 0 Å². The van der Waals surface area contributed by atoms with E-state index in [1.807, 2.05) is 12.3 Å². The van der Waals surface area contributed by atoms with Crippen LogP contribution in [-0.2, 0) is 0 Å². The molecule has 5 rings (SSSR count). The van der Waals surface area contributed by atoms with E-state index in [2.05, 4.69) is 52.4 Å². The fourth-order valence-electron chi connectivity index (χ4n) is 2.98. The van der Waals surface area contributed by atoms with Gasteiger partial charge in [0, 0.05) is 33.3 Å². The second-order valence-electron chi connectivity index (χ2n) is 4.99. The van der Waals surface area contributed by atoms with Crippen LogP contribution in [0.1, 0.15) is 0 Å². The third kappa shape index (κ3) is 1.20. The van der Waals surface area contributed by atoms with Gasteiger partial charge in [-0.1, -0.05) is 30.3 Å². The Hall–Kier alpha value is -2.39. The number of pyridine rings is 1. The summed E-state index contributed by atoms with van der Waals surface area (Å²) in [5.74, 6) is 0. The van der Waals surface area contributed by atoms with E-state index in [1.165, 1.54) is 37.3 Å². The van der Waals surface area contributed by atoms with E-state index in [0.29, 0.717) is 0 Å². The van der Waals surface area contributed by atoms with Gasteiger partial charge < -0.3 is 4.98 Å². The van der Waals surface area contributed by atoms with E-state index >= 15 is 0 Å². The van der Waals surface area contributed by atoms with Crippen molar-refractivity contribution in [2.45, 2.75) is 0 Å². The molecule has 0 fully saturated rings. The maximum absolute atomic E-state index is 4.48. The summed E-state index contributed by atoms with van der Waals surface area (Å²) in [6.45, 7) is 0. The molecule has 0 aliphatic heterocycles. The van der Waals surface area contributed by atoms with Gasteiger partial charge in [0.15, 0.2) is 0 Å². The van der Waals surface area contributed by atoms with Crippen LogP contribution in [0, 0.1) is 0 Å². The van der Waals surface area contributed by atoms with E-state index in [9.17, 15) is 0 Å². The van der Waals surface area contributed by atoms with Crippen molar-refractivity contribution < 1.29 is 0 Å². The second kappa shape index (κ2) is 3.58. The number of hydrogen-bond acceptors (Lipinski definition) is 2. The van der Waals surface area contributed by atoms with Crippen LogP contribution in [0.2, 0.25) is 0 Å².